The lowest BCUT2D eigenvalue weighted by molar-refractivity contribution is 0.124. The highest BCUT2D eigenvalue weighted by atomic mass is 19.1. The number of rotatable bonds is 6. The van der Waals surface area contributed by atoms with Gasteiger partial charge in [0.25, 0.3) is 0 Å². The summed E-state index contributed by atoms with van der Waals surface area (Å²) in [6, 6.07) is 8.34. The smallest absolute Gasteiger partial charge is 0.126 e. The molecule has 0 spiro atoms. The highest BCUT2D eigenvalue weighted by Gasteiger charge is 2.25. The summed E-state index contributed by atoms with van der Waals surface area (Å²) in [5, 5.41) is 3.64. The van der Waals surface area contributed by atoms with E-state index >= 15 is 0 Å². The van der Waals surface area contributed by atoms with Crippen LogP contribution in [0.3, 0.4) is 0 Å². The van der Waals surface area contributed by atoms with Crippen LogP contribution in [0.4, 0.5) is 4.39 Å². The Morgan fingerprint density at radius 1 is 1.30 bits per heavy atom. The Morgan fingerprint density at radius 2 is 2.10 bits per heavy atom. The van der Waals surface area contributed by atoms with Gasteiger partial charge in [-0.15, -0.1) is 0 Å². The fourth-order valence-electron chi connectivity index (χ4n) is 3.11. The van der Waals surface area contributed by atoms with E-state index in [0.717, 1.165) is 38.0 Å². The van der Waals surface area contributed by atoms with Gasteiger partial charge < -0.3 is 5.32 Å². The number of halogens is 1. The van der Waals surface area contributed by atoms with Gasteiger partial charge in [-0.2, -0.15) is 0 Å². The van der Waals surface area contributed by atoms with Crippen LogP contribution < -0.4 is 5.32 Å². The number of benzene rings is 1. The van der Waals surface area contributed by atoms with Gasteiger partial charge in [0.1, 0.15) is 5.82 Å². The highest BCUT2D eigenvalue weighted by Crippen LogP contribution is 2.15. The predicted octanol–water partition coefficient (Wildman–Crippen LogP) is 3.22. The van der Waals surface area contributed by atoms with E-state index in [1.165, 1.54) is 12.8 Å². The van der Waals surface area contributed by atoms with Crippen LogP contribution in [0, 0.1) is 5.82 Å². The number of hydrogen-bond donors (Lipinski definition) is 1. The van der Waals surface area contributed by atoms with E-state index in [1.807, 2.05) is 12.1 Å². The van der Waals surface area contributed by atoms with E-state index < -0.39 is 0 Å². The van der Waals surface area contributed by atoms with Crippen molar-refractivity contribution in [2.24, 2.45) is 0 Å². The van der Waals surface area contributed by atoms with Gasteiger partial charge in [-0.1, -0.05) is 38.5 Å². The largest absolute Gasteiger partial charge is 0.311 e. The van der Waals surface area contributed by atoms with E-state index in [-0.39, 0.29) is 5.82 Å². The Labute approximate surface area is 122 Å². The zero-order valence-corrected chi connectivity index (χ0v) is 12.7. The topological polar surface area (TPSA) is 15.3 Å². The first-order valence-corrected chi connectivity index (χ1v) is 7.95. The molecule has 1 heterocycles. The van der Waals surface area contributed by atoms with Crippen molar-refractivity contribution in [1.82, 2.24) is 10.2 Å². The second-order valence-corrected chi connectivity index (χ2v) is 5.79. The molecule has 1 aromatic carbocycles. The van der Waals surface area contributed by atoms with Crippen LogP contribution in [-0.2, 0) is 6.42 Å². The monoisotopic (exact) mass is 278 g/mol. The fraction of sp³-hybridized carbons (Fsp3) is 0.647. The molecule has 1 N–H and O–H groups in total. The van der Waals surface area contributed by atoms with E-state index in [1.54, 1.807) is 12.1 Å². The van der Waals surface area contributed by atoms with E-state index in [2.05, 4.69) is 24.1 Å². The summed E-state index contributed by atoms with van der Waals surface area (Å²) in [5.74, 6) is -0.0687. The highest BCUT2D eigenvalue weighted by molar-refractivity contribution is 5.17. The molecule has 112 valence electrons. The van der Waals surface area contributed by atoms with Crippen molar-refractivity contribution in [3.8, 4) is 0 Å². The van der Waals surface area contributed by atoms with Crippen LogP contribution in [-0.4, -0.2) is 36.6 Å². The lowest BCUT2D eigenvalue weighted by atomic mass is 10.0. The van der Waals surface area contributed by atoms with Gasteiger partial charge in [0.2, 0.25) is 0 Å². The number of piperazine rings is 1. The molecule has 2 unspecified atom stereocenters. The number of hydrogen-bond acceptors (Lipinski definition) is 2. The SMILES string of the molecule is CCCC1CN(CCc2ccccc2F)C(CC)CN1. The Kier molecular flexibility index (Phi) is 5.99. The summed E-state index contributed by atoms with van der Waals surface area (Å²) >= 11 is 0. The summed E-state index contributed by atoms with van der Waals surface area (Å²) < 4.78 is 13.7. The van der Waals surface area contributed by atoms with Crippen LogP contribution in [0.25, 0.3) is 0 Å². The second kappa shape index (κ2) is 7.75. The van der Waals surface area contributed by atoms with Gasteiger partial charge >= 0.3 is 0 Å². The Bertz CT molecular complexity index is 408. The minimum Gasteiger partial charge on any atom is -0.311 e. The molecule has 1 aliphatic heterocycles. The van der Waals surface area contributed by atoms with E-state index in [4.69, 9.17) is 0 Å². The molecule has 0 saturated carbocycles. The van der Waals surface area contributed by atoms with Crippen LogP contribution >= 0.6 is 0 Å². The summed E-state index contributed by atoms with van der Waals surface area (Å²) in [4.78, 5) is 2.54. The average Bonchev–Trinajstić information content (AvgIpc) is 2.47. The quantitative estimate of drug-likeness (QED) is 0.859. The molecule has 0 aromatic heterocycles. The first-order valence-electron chi connectivity index (χ1n) is 7.95. The molecule has 20 heavy (non-hydrogen) atoms. The molecule has 0 aliphatic carbocycles. The second-order valence-electron chi connectivity index (χ2n) is 5.79. The fourth-order valence-corrected chi connectivity index (χ4v) is 3.11. The molecule has 1 saturated heterocycles. The minimum atomic E-state index is -0.0687. The standard InChI is InChI=1S/C17H27FN2/c1-3-7-15-13-20(16(4-2)12-19-15)11-10-14-8-5-6-9-17(14)18/h5-6,8-9,15-16,19H,3-4,7,10-13H2,1-2H3. The van der Waals surface area contributed by atoms with Gasteiger partial charge in [-0.05, 0) is 30.9 Å². The molecule has 1 aliphatic rings. The first-order chi connectivity index (χ1) is 9.74. The van der Waals surface area contributed by atoms with Crippen molar-refractivity contribution in [2.75, 3.05) is 19.6 Å². The third kappa shape index (κ3) is 4.03. The molecule has 1 fully saturated rings. The van der Waals surface area contributed by atoms with Crippen LogP contribution in [0.5, 0.6) is 0 Å². The lowest BCUT2D eigenvalue weighted by Crippen LogP contribution is -2.56. The molecular weight excluding hydrogens is 251 g/mol. The third-order valence-electron chi connectivity index (χ3n) is 4.35. The van der Waals surface area contributed by atoms with Gasteiger partial charge in [0, 0.05) is 31.7 Å². The zero-order chi connectivity index (χ0) is 14.4. The maximum Gasteiger partial charge on any atom is 0.126 e. The van der Waals surface area contributed by atoms with Gasteiger partial charge in [-0.3, -0.25) is 4.90 Å². The first kappa shape index (κ1) is 15.5. The Morgan fingerprint density at radius 3 is 2.80 bits per heavy atom. The van der Waals surface area contributed by atoms with Crippen molar-refractivity contribution in [3.63, 3.8) is 0 Å². The lowest BCUT2D eigenvalue weighted by Gasteiger charge is -2.40. The van der Waals surface area contributed by atoms with E-state index in [0.29, 0.717) is 12.1 Å². The van der Waals surface area contributed by atoms with E-state index in [9.17, 15) is 4.39 Å². The average molecular weight is 278 g/mol. The normalized spacial score (nSPS) is 23.9. The molecule has 0 radical (unpaired) electrons. The summed E-state index contributed by atoms with van der Waals surface area (Å²) in [7, 11) is 0. The number of nitrogens with zero attached hydrogens (tertiary/aromatic N) is 1. The van der Waals surface area contributed by atoms with Crippen molar-refractivity contribution in [1.29, 1.82) is 0 Å². The molecule has 1 aromatic rings. The maximum atomic E-state index is 13.7. The predicted molar refractivity (Wildman–Crippen MR) is 82.5 cm³/mol. The molecule has 2 atom stereocenters. The summed E-state index contributed by atoms with van der Waals surface area (Å²) in [5.41, 5.74) is 0.841. The van der Waals surface area contributed by atoms with Crippen molar-refractivity contribution in [2.45, 2.75) is 51.6 Å². The van der Waals surface area contributed by atoms with Gasteiger partial charge in [-0.25, -0.2) is 4.39 Å². The van der Waals surface area contributed by atoms with Crippen LogP contribution in [0.2, 0.25) is 0 Å². The van der Waals surface area contributed by atoms with Gasteiger partial charge in [0.15, 0.2) is 0 Å². The molecule has 0 amide bonds. The van der Waals surface area contributed by atoms with Gasteiger partial charge in [0.05, 0.1) is 0 Å². The van der Waals surface area contributed by atoms with Crippen molar-refractivity contribution >= 4 is 0 Å². The molecular formula is C17H27FN2. The van der Waals surface area contributed by atoms with Crippen LogP contribution in [0.15, 0.2) is 24.3 Å². The Hall–Kier alpha value is -0.930. The molecule has 0 bridgehead atoms. The molecule has 2 rings (SSSR count). The molecule has 3 heteroatoms. The molecule has 2 nitrogen and oxygen atoms in total. The number of nitrogens with one attached hydrogen (secondary N) is 1. The van der Waals surface area contributed by atoms with Crippen molar-refractivity contribution < 1.29 is 4.39 Å². The Balaban J connectivity index is 1.92. The van der Waals surface area contributed by atoms with Crippen LogP contribution in [0.1, 0.15) is 38.7 Å². The minimum absolute atomic E-state index is 0.0687. The maximum absolute atomic E-state index is 13.7. The summed E-state index contributed by atoms with van der Waals surface area (Å²) in [6.45, 7) is 7.60. The third-order valence-corrected chi connectivity index (χ3v) is 4.35. The summed E-state index contributed by atoms with van der Waals surface area (Å²) in [6.07, 6.45) is 4.41. The van der Waals surface area contributed by atoms with Crippen molar-refractivity contribution in [3.05, 3.63) is 35.6 Å². The zero-order valence-electron chi connectivity index (χ0n) is 12.7.